The molecule has 0 aromatic carbocycles. The summed E-state index contributed by atoms with van der Waals surface area (Å²) in [5.41, 5.74) is 0. The smallest absolute Gasteiger partial charge is 0.104 e. The summed E-state index contributed by atoms with van der Waals surface area (Å²) < 4.78 is 0. The van der Waals surface area contributed by atoms with Crippen LogP contribution in [0.4, 0.5) is 0 Å². The van der Waals surface area contributed by atoms with Crippen LogP contribution in [0, 0.1) is 0 Å². The minimum Gasteiger partial charge on any atom is -0.379 e. The van der Waals surface area contributed by atoms with Crippen LogP contribution >= 0.6 is 0 Å². The summed E-state index contributed by atoms with van der Waals surface area (Å²) in [5.74, 6) is 0. The molecule has 0 aromatic heterocycles. The Bertz CT molecular complexity index is 128. The van der Waals surface area contributed by atoms with Crippen LogP contribution in [0.5, 0.6) is 0 Å². The Morgan fingerprint density at radius 3 is 1.81 bits per heavy atom. The topological polar surface area (TPSA) is 32.3 Å². The van der Waals surface area contributed by atoms with Crippen LogP contribution in [0.2, 0.25) is 0 Å². The van der Waals surface area contributed by atoms with Crippen molar-refractivity contribution in [1.29, 1.82) is 0 Å². The number of nitrogens with one attached hydrogen (secondary N) is 1. The summed E-state index contributed by atoms with van der Waals surface area (Å²) in [6, 6.07) is 0. The fourth-order valence-electron chi connectivity index (χ4n) is 1.85. The van der Waals surface area contributed by atoms with Crippen LogP contribution in [0.15, 0.2) is 0 Å². The molecule has 0 bridgehead atoms. The second kappa shape index (κ2) is 13.0. The quantitative estimate of drug-likeness (QED) is 0.394. The third-order valence-electron chi connectivity index (χ3n) is 3.05. The van der Waals surface area contributed by atoms with Crippen LogP contribution in [-0.4, -0.2) is 17.9 Å². The molecule has 98 valence electrons. The Morgan fingerprint density at radius 1 is 0.812 bits per heavy atom. The molecule has 0 saturated carbocycles. The maximum atomic E-state index is 9.27. The molecule has 0 aromatic rings. The lowest BCUT2D eigenvalue weighted by molar-refractivity contribution is 0.133. The average molecular weight is 229 g/mol. The van der Waals surface area contributed by atoms with E-state index in [0.717, 1.165) is 13.0 Å². The van der Waals surface area contributed by atoms with Crippen molar-refractivity contribution in [1.82, 2.24) is 5.32 Å². The van der Waals surface area contributed by atoms with Crippen molar-refractivity contribution in [2.75, 3.05) is 6.54 Å². The highest BCUT2D eigenvalue weighted by Crippen LogP contribution is 2.09. The van der Waals surface area contributed by atoms with Gasteiger partial charge in [-0.2, -0.15) is 0 Å². The first-order valence-corrected chi connectivity index (χ1v) is 7.22. The maximum absolute atomic E-state index is 9.27. The van der Waals surface area contributed by atoms with Gasteiger partial charge in [-0.1, -0.05) is 65.2 Å². The van der Waals surface area contributed by atoms with E-state index in [0.29, 0.717) is 0 Å². The lowest BCUT2D eigenvalue weighted by Crippen LogP contribution is -2.28. The van der Waals surface area contributed by atoms with E-state index in [9.17, 15) is 5.11 Å². The van der Waals surface area contributed by atoms with E-state index in [-0.39, 0.29) is 6.23 Å². The van der Waals surface area contributed by atoms with E-state index in [1.165, 1.54) is 57.8 Å². The van der Waals surface area contributed by atoms with Crippen molar-refractivity contribution in [2.45, 2.75) is 84.3 Å². The lowest BCUT2D eigenvalue weighted by Gasteiger charge is -2.09. The van der Waals surface area contributed by atoms with Gasteiger partial charge in [-0.3, -0.25) is 5.32 Å². The van der Waals surface area contributed by atoms with E-state index in [1.807, 2.05) is 6.92 Å². The molecule has 0 radical (unpaired) electrons. The van der Waals surface area contributed by atoms with Gasteiger partial charge in [-0.25, -0.2) is 0 Å². The number of hydrogen-bond acceptors (Lipinski definition) is 2. The van der Waals surface area contributed by atoms with E-state index >= 15 is 0 Å². The predicted molar refractivity (Wildman–Crippen MR) is 71.5 cm³/mol. The van der Waals surface area contributed by atoms with Crippen LogP contribution < -0.4 is 5.32 Å². The molecule has 0 saturated heterocycles. The molecule has 1 unspecified atom stereocenters. The number of hydrogen-bond donors (Lipinski definition) is 2. The third kappa shape index (κ3) is 12.0. The SMILES string of the molecule is CCCCCCCCCCCNC(O)CC. The first-order chi connectivity index (χ1) is 7.81. The number of unbranched alkanes of at least 4 members (excludes halogenated alkanes) is 8. The summed E-state index contributed by atoms with van der Waals surface area (Å²) in [6.07, 6.45) is 12.7. The zero-order chi connectivity index (χ0) is 12.1. The Balaban J connectivity index is 2.93. The molecule has 2 N–H and O–H groups in total. The van der Waals surface area contributed by atoms with Crippen molar-refractivity contribution >= 4 is 0 Å². The Labute approximate surface area is 102 Å². The summed E-state index contributed by atoms with van der Waals surface area (Å²) in [5, 5.41) is 12.4. The maximum Gasteiger partial charge on any atom is 0.104 e. The van der Waals surface area contributed by atoms with Gasteiger partial charge >= 0.3 is 0 Å². The number of aliphatic hydroxyl groups excluding tert-OH is 1. The van der Waals surface area contributed by atoms with Gasteiger partial charge in [0.1, 0.15) is 6.23 Å². The molecular weight excluding hydrogens is 198 g/mol. The molecule has 0 spiro atoms. The lowest BCUT2D eigenvalue weighted by atomic mass is 10.1. The van der Waals surface area contributed by atoms with Crippen molar-refractivity contribution in [3.05, 3.63) is 0 Å². The highest BCUT2D eigenvalue weighted by Gasteiger charge is 1.97. The predicted octanol–water partition coefficient (Wildman–Crippen LogP) is 3.84. The van der Waals surface area contributed by atoms with Crippen LogP contribution in [0.25, 0.3) is 0 Å². The van der Waals surface area contributed by atoms with Gasteiger partial charge in [0.2, 0.25) is 0 Å². The molecule has 0 aliphatic heterocycles. The van der Waals surface area contributed by atoms with E-state index in [4.69, 9.17) is 0 Å². The Hall–Kier alpha value is -0.0800. The molecule has 0 aliphatic carbocycles. The first kappa shape index (κ1) is 15.9. The van der Waals surface area contributed by atoms with Gasteiger partial charge in [0.25, 0.3) is 0 Å². The van der Waals surface area contributed by atoms with Gasteiger partial charge in [-0.15, -0.1) is 0 Å². The molecule has 0 fully saturated rings. The second-order valence-corrected chi connectivity index (χ2v) is 4.71. The number of aliphatic hydroxyl groups is 1. The zero-order valence-electron chi connectivity index (χ0n) is 11.3. The monoisotopic (exact) mass is 229 g/mol. The Morgan fingerprint density at radius 2 is 1.31 bits per heavy atom. The fraction of sp³-hybridized carbons (Fsp3) is 1.00. The minimum absolute atomic E-state index is 0.297. The summed E-state index contributed by atoms with van der Waals surface area (Å²) in [6.45, 7) is 5.22. The normalized spacial score (nSPS) is 12.9. The van der Waals surface area contributed by atoms with E-state index < -0.39 is 0 Å². The van der Waals surface area contributed by atoms with Crippen LogP contribution in [0.1, 0.15) is 78.1 Å². The largest absolute Gasteiger partial charge is 0.379 e. The van der Waals surface area contributed by atoms with Crippen LogP contribution in [-0.2, 0) is 0 Å². The zero-order valence-corrected chi connectivity index (χ0v) is 11.3. The fourth-order valence-corrected chi connectivity index (χ4v) is 1.85. The van der Waals surface area contributed by atoms with Gasteiger partial charge < -0.3 is 5.11 Å². The van der Waals surface area contributed by atoms with E-state index in [1.54, 1.807) is 0 Å². The van der Waals surface area contributed by atoms with Gasteiger partial charge in [0, 0.05) is 0 Å². The van der Waals surface area contributed by atoms with E-state index in [2.05, 4.69) is 12.2 Å². The van der Waals surface area contributed by atoms with Gasteiger partial charge in [0.15, 0.2) is 0 Å². The van der Waals surface area contributed by atoms with Gasteiger partial charge in [0.05, 0.1) is 0 Å². The molecule has 16 heavy (non-hydrogen) atoms. The second-order valence-electron chi connectivity index (χ2n) is 4.71. The summed E-state index contributed by atoms with van der Waals surface area (Å²) >= 11 is 0. The standard InChI is InChI=1S/C14H31NO/c1-3-5-6-7-8-9-10-11-12-13-15-14(16)4-2/h14-16H,3-13H2,1-2H3. The molecule has 0 heterocycles. The summed E-state index contributed by atoms with van der Waals surface area (Å²) in [4.78, 5) is 0. The van der Waals surface area contributed by atoms with Crippen molar-refractivity contribution < 1.29 is 5.11 Å². The molecule has 2 nitrogen and oxygen atoms in total. The highest BCUT2D eigenvalue weighted by atomic mass is 16.3. The highest BCUT2D eigenvalue weighted by molar-refractivity contribution is 4.52. The molecule has 0 aliphatic rings. The molecule has 2 heteroatoms. The van der Waals surface area contributed by atoms with Crippen LogP contribution in [0.3, 0.4) is 0 Å². The minimum atomic E-state index is -0.297. The van der Waals surface area contributed by atoms with Crippen molar-refractivity contribution in [3.63, 3.8) is 0 Å². The average Bonchev–Trinajstić information content (AvgIpc) is 2.31. The van der Waals surface area contributed by atoms with Crippen molar-refractivity contribution in [3.8, 4) is 0 Å². The molecule has 0 amide bonds. The summed E-state index contributed by atoms with van der Waals surface area (Å²) in [7, 11) is 0. The first-order valence-electron chi connectivity index (χ1n) is 7.22. The molecular formula is C14H31NO. The van der Waals surface area contributed by atoms with Crippen molar-refractivity contribution in [2.24, 2.45) is 0 Å². The molecule has 0 rings (SSSR count). The molecule has 1 atom stereocenters. The third-order valence-corrected chi connectivity index (χ3v) is 3.05. The number of rotatable bonds is 12. The van der Waals surface area contributed by atoms with Gasteiger partial charge in [-0.05, 0) is 19.4 Å². The Kier molecular flexibility index (Phi) is 12.9.